The lowest BCUT2D eigenvalue weighted by atomic mass is 9.97. The van der Waals surface area contributed by atoms with Crippen LogP contribution in [-0.4, -0.2) is 0 Å². The number of rotatable bonds is 0. The van der Waals surface area contributed by atoms with Crippen molar-refractivity contribution in [3.63, 3.8) is 0 Å². The van der Waals surface area contributed by atoms with Gasteiger partial charge in [-0.2, -0.15) is 0 Å². The molecule has 0 fully saturated rings. The van der Waals surface area contributed by atoms with Crippen LogP contribution in [0.5, 0.6) is 0 Å². The van der Waals surface area contributed by atoms with E-state index in [9.17, 15) is 0 Å². The van der Waals surface area contributed by atoms with Crippen LogP contribution in [0.2, 0.25) is 0 Å². The van der Waals surface area contributed by atoms with Gasteiger partial charge in [-0.1, -0.05) is 48.0 Å². The SMILES string of the molecule is Cc1ccc2c(c1)cc1ccc3cccc4sc2c1c34. The summed E-state index contributed by atoms with van der Waals surface area (Å²) < 4.78 is 2.83. The molecule has 0 unspecified atom stereocenters. The quantitative estimate of drug-likeness (QED) is 0.236. The van der Waals surface area contributed by atoms with Gasteiger partial charge in [-0.25, -0.2) is 0 Å². The van der Waals surface area contributed by atoms with Crippen LogP contribution < -0.4 is 0 Å². The van der Waals surface area contributed by atoms with Gasteiger partial charge in [-0.05, 0) is 40.6 Å². The van der Waals surface area contributed by atoms with Gasteiger partial charge in [0.1, 0.15) is 0 Å². The van der Waals surface area contributed by atoms with Gasteiger partial charge in [0.2, 0.25) is 0 Å². The zero-order valence-electron chi connectivity index (χ0n) is 11.1. The van der Waals surface area contributed by atoms with Crippen molar-refractivity contribution in [3.05, 3.63) is 60.2 Å². The molecule has 0 aliphatic heterocycles. The molecule has 0 amide bonds. The monoisotopic (exact) mass is 272 g/mol. The fraction of sp³-hybridized carbons (Fsp3) is 0.0526. The third-order valence-electron chi connectivity index (χ3n) is 4.24. The summed E-state index contributed by atoms with van der Waals surface area (Å²) >= 11 is 1.93. The van der Waals surface area contributed by atoms with Gasteiger partial charge in [-0.3, -0.25) is 0 Å². The van der Waals surface area contributed by atoms with Crippen LogP contribution in [0.3, 0.4) is 0 Å². The van der Waals surface area contributed by atoms with Gasteiger partial charge < -0.3 is 0 Å². The molecule has 0 saturated heterocycles. The molecule has 0 aliphatic carbocycles. The van der Waals surface area contributed by atoms with E-state index in [1.807, 2.05) is 11.3 Å². The third kappa shape index (κ3) is 1.21. The number of aryl methyl sites for hydroxylation is 1. The van der Waals surface area contributed by atoms with Gasteiger partial charge >= 0.3 is 0 Å². The lowest BCUT2D eigenvalue weighted by molar-refractivity contribution is 1.51. The van der Waals surface area contributed by atoms with Gasteiger partial charge in [0.15, 0.2) is 0 Å². The van der Waals surface area contributed by atoms with Crippen LogP contribution in [0, 0.1) is 6.92 Å². The van der Waals surface area contributed by atoms with Crippen LogP contribution in [0.25, 0.3) is 41.7 Å². The predicted molar refractivity (Wildman–Crippen MR) is 90.3 cm³/mol. The number of benzene rings is 4. The molecule has 0 radical (unpaired) electrons. The molecule has 5 aromatic rings. The molecule has 0 spiro atoms. The van der Waals surface area contributed by atoms with Crippen molar-refractivity contribution in [1.29, 1.82) is 0 Å². The van der Waals surface area contributed by atoms with Crippen molar-refractivity contribution in [2.45, 2.75) is 6.92 Å². The topological polar surface area (TPSA) is 0 Å². The normalized spacial score (nSPS) is 12.2. The second-order valence-corrected chi connectivity index (χ2v) is 6.60. The largest absolute Gasteiger partial charge is 0.134 e. The molecule has 1 heterocycles. The Morgan fingerprint density at radius 2 is 1.65 bits per heavy atom. The van der Waals surface area contributed by atoms with E-state index < -0.39 is 0 Å². The molecule has 0 atom stereocenters. The highest BCUT2D eigenvalue weighted by Crippen LogP contribution is 2.43. The first-order valence-corrected chi connectivity index (χ1v) is 7.69. The highest BCUT2D eigenvalue weighted by atomic mass is 32.1. The van der Waals surface area contributed by atoms with Crippen LogP contribution in [0.1, 0.15) is 5.56 Å². The van der Waals surface area contributed by atoms with E-state index in [2.05, 4.69) is 61.5 Å². The maximum Gasteiger partial charge on any atom is 0.0440 e. The van der Waals surface area contributed by atoms with Gasteiger partial charge in [0, 0.05) is 20.2 Å². The van der Waals surface area contributed by atoms with Crippen molar-refractivity contribution < 1.29 is 0 Å². The Labute approximate surface area is 120 Å². The zero-order chi connectivity index (χ0) is 13.3. The Morgan fingerprint density at radius 3 is 2.60 bits per heavy atom. The third-order valence-corrected chi connectivity index (χ3v) is 5.43. The first-order valence-electron chi connectivity index (χ1n) is 6.88. The molecule has 1 heteroatoms. The zero-order valence-corrected chi connectivity index (χ0v) is 11.9. The molecule has 0 aliphatic rings. The molecule has 0 saturated carbocycles. The van der Waals surface area contributed by atoms with Crippen molar-refractivity contribution in [1.82, 2.24) is 0 Å². The van der Waals surface area contributed by atoms with Crippen LogP contribution >= 0.6 is 11.3 Å². The summed E-state index contributed by atoms with van der Waals surface area (Å²) in [5.41, 5.74) is 1.32. The Kier molecular flexibility index (Phi) is 1.86. The molecule has 5 rings (SSSR count). The van der Waals surface area contributed by atoms with E-state index in [0.29, 0.717) is 0 Å². The number of hydrogen-bond donors (Lipinski definition) is 0. The van der Waals surface area contributed by atoms with E-state index >= 15 is 0 Å². The predicted octanol–water partition coefficient (Wildman–Crippen LogP) is 6.11. The summed E-state index contributed by atoms with van der Waals surface area (Å²) in [7, 11) is 0. The van der Waals surface area contributed by atoms with Gasteiger partial charge in [-0.15, -0.1) is 11.3 Å². The molecule has 0 N–H and O–H groups in total. The maximum absolute atomic E-state index is 2.34. The van der Waals surface area contributed by atoms with Gasteiger partial charge in [0.05, 0.1) is 0 Å². The molecule has 0 nitrogen and oxygen atoms in total. The Hall–Kier alpha value is -2.12. The lowest BCUT2D eigenvalue weighted by Gasteiger charge is -2.06. The molecule has 94 valence electrons. The summed E-state index contributed by atoms with van der Waals surface area (Å²) in [6.07, 6.45) is 0. The van der Waals surface area contributed by atoms with Crippen molar-refractivity contribution >= 4 is 53.1 Å². The molecular formula is C19H12S. The Balaban J connectivity index is 2.20. The lowest BCUT2D eigenvalue weighted by Crippen LogP contribution is -1.79. The second kappa shape index (κ2) is 3.50. The van der Waals surface area contributed by atoms with Crippen molar-refractivity contribution in [2.75, 3.05) is 0 Å². The van der Waals surface area contributed by atoms with Crippen molar-refractivity contribution in [3.8, 4) is 0 Å². The maximum atomic E-state index is 2.34. The van der Waals surface area contributed by atoms with Crippen LogP contribution in [-0.2, 0) is 0 Å². The number of thiophene rings is 1. The Bertz CT molecular complexity index is 1100. The Morgan fingerprint density at radius 1 is 0.750 bits per heavy atom. The molecule has 4 aromatic carbocycles. The molecule has 0 bridgehead atoms. The summed E-state index contributed by atoms with van der Waals surface area (Å²) in [6, 6.07) is 20.2. The van der Waals surface area contributed by atoms with Crippen LogP contribution in [0.4, 0.5) is 0 Å². The molecule has 1 aromatic heterocycles. The number of fused-ring (bicyclic) bond motifs is 2. The summed E-state index contributed by atoms with van der Waals surface area (Å²) in [6.45, 7) is 2.16. The highest BCUT2D eigenvalue weighted by Gasteiger charge is 2.13. The fourth-order valence-electron chi connectivity index (χ4n) is 3.34. The standard InChI is InChI=1S/C19H12S/c1-11-5-8-15-14(9-11)10-13-7-6-12-3-2-4-16-17(12)18(13)19(15)20-16/h2-10H,1H3. The average Bonchev–Trinajstić information content (AvgIpc) is 2.85. The first-order chi connectivity index (χ1) is 9.81. The minimum Gasteiger partial charge on any atom is -0.134 e. The smallest absolute Gasteiger partial charge is 0.0440 e. The van der Waals surface area contributed by atoms with E-state index in [1.54, 1.807) is 0 Å². The molecule has 20 heavy (non-hydrogen) atoms. The second-order valence-electron chi connectivity index (χ2n) is 5.55. The van der Waals surface area contributed by atoms with Crippen molar-refractivity contribution in [2.24, 2.45) is 0 Å². The highest BCUT2D eigenvalue weighted by molar-refractivity contribution is 7.27. The fourth-order valence-corrected chi connectivity index (χ4v) is 4.64. The summed E-state index contributed by atoms with van der Waals surface area (Å²) in [4.78, 5) is 0. The summed E-state index contributed by atoms with van der Waals surface area (Å²) in [5.74, 6) is 0. The molecular weight excluding hydrogens is 260 g/mol. The van der Waals surface area contributed by atoms with E-state index in [-0.39, 0.29) is 0 Å². The minimum atomic E-state index is 1.32. The summed E-state index contributed by atoms with van der Waals surface area (Å²) in [5, 5.41) is 8.34. The van der Waals surface area contributed by atoms with Crippen LogP contribution in [0.15, 0.2) is 54.6 Å². The van der Waals surface area contributed by atoms with E-state index in [1.165, 1.54) is 47.3 Å². The minimum absolute atomic E-state index is 1.32. The average molecular weight is 272 g/mol. The van der Waals surface area contributed by atoms with E-state index in [0.717, 1.165) is 0 Å². The number of hydrogen-bond acceptors (Lipinski definition) is 1. The van der Waals surface area contributed by atoms with E-state index in [4.69, 9.17) is 0 Å². The van der Waals surface area contributed by atoms with Gasteiger partial charge in [0.25, 0.3) is 0 Å². The first kappa shape index (κ1) is 10.6.